The molecule has 2 N–H and O–H groups in total. The Morgan fingerprint density at radius 2 is 1.80 bits per heavy atom. The number of hydrogen-bond acceptors (Lipinski definition) is 5. The predicted molar refractivity (Wildman–Crippen MR) is 115 cm³/mol. The molecule has 6 aromatic rings. The molecule has 8 heteroatoms. The summed E-state index contributed by atoms with van der Waals surface area (Å²) in [6.07, 6.45) is 6.72. The summed E-state index contributed by atoms with van der Waals surface area (Å²) < 4.78 is 13.6. The molecule has 0 aliphatic heterocycles. The molecule has 0 aliphatic rings. The molecular weight excluding hydrogens is 399 g/mol. The number of nitrogens with one attached hydrogen (secondary N) is 2. The van der Waals surface area contributed by atoms with Crippen LogP contribution in [0, 0.1) is 5.13 Å². The Kier molecular flexibility index (Phi) is 3.72. The van der Waals surface area contributed by atoms with Gasteiger partial charge in [0.2, 0.25) is 0 Å². The van der Waals surface area contributed by atoms with Gasteiger partial charge in [0.15, 0.2) is 5.13 Å². The van der Waals surface area contributed by atoms with E-state index < -0.39 is 0 Å². The van der Waals surface area contributed by atoms with Gasteiger partial charge in [-0.05, 0) is 30.3 Å². The van der Waals surface area contributed by atoms with Crippen LogP contribution in [0.5, 0.6) is 0 Å². The molecule has 0 radical (unpaired) electrons. The van der Waals surface area contributed by atoms with E-state index in [1.54, 1.807) is 18.6 Å². The van der Waals surface area contributed by atoms with E-state index in [1.165, 1.54) is 12.4 Å². The average molecular weight is 412 g/mol. The first kappa shape index (κ1) is 17.0. The van der Waals surface area contributed by atoms with Crippen LogP contribution in [0.3, 0.4) is 0 Å². The lowest BCUT2D eigenvalue weighted by atomic mass is 10.1. The summed E-state index contributed by atoms with van der Waals surface area (Å²) in [4.78, 5) is 17.0. The summed E-state index contributed by atoms with van der Waals surface area (Å²) >= 11 is 1.14. The molecule has 1 aromatic carbocycles. The molecule has 6 rings (SSSR count). The van der Waals surface area contributed by atoms with Gasteiger partial charge >= 0.3 is 0 Å². The smallest absolute Gasteiger partial charge is 0.176 e. The molecule has 6 nitrogen and oxygen atoms in total. The second-order valence-electron chi connectivity index (χ2n) is 6.87. The van der Waals surface area contributed by atoms with Crippen molar-refractivity contribution >= 4 is 33.1 Å². The molecule has 0 aliphatic carbocycles. The summed E-state index contributed by atoms with van der Waals surface area (Å²) in [5.41, 5.74) is 6.09. The SMILES string of the molecule is Fc1ccc(-c2cccc3[nH]c(-c4n[nH]c5cnc(-c6cncnc6)cc45)cc23)s1. The summed E-state index contributed by atoms with van der Waals surface area (Å²) in [6.45, 7) is 0. The average Bonchev–Trinajstić information content (AvgIpc) is 3.51. The molecule has 0 unspecified atom stereocenters. The highest BCUT2D eigenvalue weighted by molar-refractivity contribution is 7.14. The first-order valence-corrected chi connectivity index (χ1v) is 10.1. The van der Waals surface area contributed by atoms with Gasteiger partial charge < -0.3 is 4.98 Å². The minimum atomic E-state index is -0.194. The lowest BCUT2D eigenvalue weighted by molar-refractivity contribution is 0.657. The van der Waals surface area contributed by atoms with Gasteiger partial charge in [0.25, 0.3) is 0 Å². The summed E-state index contributed by atoms with van der Waals surface area (Å²) in [5, 5.41) is 9.34. The minimum absolute atomic E-state index is 0.194. The quantitative estimate of drug-likeness (QED) is 0.406. The van der Waals surface area contributed by atoms with E-state index in [1.807, 2.05) is 30.3 Å². The number of fused-ring (bicyclic) bond motifs is 2. The van der Waals surface area contributed by atoms with Crippen molar-refractivity contribution in [2.45, 2.75) is 0 Å². The van der Waals surface area contributed by atoms with E-state index in [4.69, 9.17) is 0 Å². The number of rotatable bonds is 3. The third-order valence-electron chi connectivity index (χ3n) is 5.06. The Balaban J connectivity index is 1.52. The van der Waals surface area contributed by atoms with E-state index in [9.17, 15) is 4.39 Å². The molecular formula is C22H13FN6S. The van der Waals surface area contributed by atoms with Crippen molar-refractivity contribution in [3.63, 3.8) is 0 Å². The highest BCUT2D eigenvalue weighted by atomic mass is 32.1. The number of thiophene rings is 1. The van der Waals surface area contributed by atoms with Gasteiger partial charge in [-0.1, -0.05) is 12.1 Å². The lowest BCUT2D eigenvalue weighted by Crippen LogP contribution is -1.86. The third kappa shape index (κ3) is 2.69. The van der Waals surface area contributed by atoms with Crippen LogP contribution in [0.15, 0.2) is 67.4 Å². The van der Waals surface area contributed by atoms with Crippen LogP contribution in [-0.2, 0) is 0 Å². The molecule has 30 heavy (non-hydrogen) atoms. The number of benzene rings is 1. The maximum absolute atomic E-state index is 13.6. The van der Waals surface area contributed by atoms with Crippen LogP contribution in [0.4, 0.5) is 4.39 Å². The van der Waals surface area contributed by atoms with Crippen LogP contribution in [0.2, 0.25) is 0 Å². The van der Waals surface area contributed by atoms with Gasteiger partial charge in [-0.3, -0.25) is 10.1 Å². The molecule has 0 spiro atoms. The van der Waals surface area contributed by atoms with E-state index in [0.29, 0.717) is 0 Å². The zero-order valence-electron chi connectivity index (χ0n) is 15.4. The molecule has 0 saturated carbocycles. The van der Waals surface area contributed by atoms with Crippen molar-refractivity contribution in [1.82, 2.24) is 30.1 Å². The number of nitrogens with zero attached hydrogens (tertiary/aromatic N) is 4. The van der Waals surface area contributed by atoms with Crippen molar-refractivity contribution in [3.05, 3.63) is 72.5 Å². The number of H-pyrrole nitrogens is 2. The Bertz CT molecular complexity index is 1520. The number of hydrogen-bond donors (Lipinski definition) is 2. The maximum atomic E-state index is 13.6. The van der Waals surface area contributed by atoms with Crippen molar-refractivity contribution in [2.24, 2.45) is 0 Å². The van der Waals surface area contributed by atoms with E-state index >= 15 is 0 Å². The Morgan fingerprint density at radius 1 is 0.900 bits per heavy atom. The Hall–Kier alpha value is -3.91. The number of pyridine rings is 1. The molecule has 144 valence electrons. The van der Waals surface area contributed by atoms with E-state index in [0.717, 1.165) is 66.2 Å². The molecule has 0 fully saturated rings. The first-order chi connectivity index (χ1) is 14.8. The van der Waals surface area contributed by atoms with Gasteiger partial charge in [0.1, 0.15) is 12.0 Å². The Labute approximate surface area is 173 Å². The van der Waals surface area contributed by atoms with Crippen LogP contribution >= 0.6 is 11.3 Å². The zero-order chi connectivity index (χ0) is 20.1. The molecule has 0 bridgehead atoms. The van der Waals surface area contributed by atoms with Gasteiger partial charge in [0.05, 0.1) is 23.1 Å². The fourth-order valence-corrected chi connectivity index (χ4v) is 4.44. The van der Waals surface area contributed by atoms with Gasteiger partial charge in [-0.15, -0.1) is 11.3 Å². The van der Waals surface area contributed by atoms with Crippen molar-refractivity contribution < 1.29 is 4.39 Å². The predicted octanol–water partition coefficient (Wildman–Crippen LogP) is 5.43. The number of aromatic nitrogens is 6. The fourth-order valence-electron chi connectivity index (χ4n) is 3.67. The minimum Gasteiger partial charge on any atom is -0.353 e. The van der Waals surface area contributed by atoms with Crippen molar-refractivity contribution in [1.29, 1.82) is 0 Å². The monoisotopic (exact) mass is 412 g/mol. The highest BCUT2D eigenvalue weighted by Gasteiger charge is 2.15. The molecule has 5 heterocycles. The number of aromatic amines is 2. The zero-order valence-corrected chi connectivity index (χ0v) is 16.2. The largest absolute Gasteiger partial charge is 0.353 e. The van der Waals surface area contributed by atoms with Gasteiger partial charge in [0, 0.05) is 44.7 Å². The fraction of sp³-hybridized carbons (Fsp3) is 0. The van der Waals surface area contributed by atoms with Crippen molar-refractivity contribution in [3.8, 4) is 33.1 Å². The normalized spacial score (nSPS) is 11.5. The van der Waals surface area contributed by atoms with Crippen LogP contribution in [0.1, 0.15) is 0 Å². The van der Waals surface area contributed by atoms with Gasteiger partial charge in [-0.25, -0.2) is 9.97 Å². The first-order valence-electron chi connectivity index (χ1n) is 9.23. The third-order valence-corrected chi connectivity index (χ3v) is 5.97. The molecule has 0 saturated heterocycles. The summed E-state index contributed by atoms with van der Waals surface area (Å²) in [7, 11) is 0. The molecule has 0 atom stereocenters. The van der Waals surface area contributed by atoms with E-state index in [-0.39, 0.29) is 5.13 Å². The Morgan fingerprint density at radius 3 is 2.63 bits per heavy atom. The van der Waals surface area contributed by atoms with Gasteiger partial charge in [-0.2, -0.15) is 9.49 Å². The van der Waals surface area contributed by atoms with Crippen LogP contribution in [0.25, 0.3) is 54.9 Å². The highest BCUT2D eigenvalue weighted by Crippen LogP contribution is 2.36. The summed E-state index contributed by atoms with van der Waals surface area (Å²) in [6, 6.07) is 13.3. The lowest BCUT2D eigenvalue weighted by Gasteiger charge is -2.00. The van der Waals surface area contributed by atoms with Crippen molar-refractivity contribution in [2.75, 3.05) is 0 Å². The van der Waals surface area contributed by atoms with Crippen LogP contribution < -0.4 is 0 Å². The van der Waals surface area contributed by atoms with E-state index in [2.05, 4.69) is 36.2 Å². The second-order valence-corrected chi connectivity index (χ2v) is 7.90. The standard InChI is InChI=1S/C22H13FN6S/c23-21-5-4-20(30-21)13-2-1-3-16-14(13)6-18(27-16)22-15-7-17(12-8-24-11-25-9-12)26-10-19(15)28-29-22/h1-11,27H,(H,28,29). The second kappa shape index (κ2) is 6.57. The molecule has 5 aromatic heterocycles. The maximum Gasteiger partial charge on any atom is 0.176 e. The number of halogens is 1. The molecule has 0 amide bonds. The van der Waals surface area contributed by atoms with Crippen LogP contribution in [-0.4, -0.2) is 30.1 Å². The topological polar surface area (TPSA) is 83.1 Å². The summed E-state index contributed by atoms with van der Waals surface area (Å²) in [5.74, 6) is 0.